The van der Waals surface area contributed by atoms with E-state index in [1.165, 1.54) is 6.39 Å². The summed E-state index contributed by atoms with van der Waals surface area (Å²) >= 11 is 0. The zero-order chi connectivity index (χ0) is 8.41. The summed E-state index contributed by atoms with van der Waals surface area (Å²) in [5.41, 5.74) is 0. The summed E-state index contributed by atoms with van der Waals surface area (Å²) in [6.07, 6.45) is 1.30. The molecule has 1 aromatic rings. The van der Waals surface area contributed by atoms with Crippen molar-refractivity contribution in [2.45, 2.75) is 34.6 Å². The molecular weight excluding hydrogens is 128 g/mol. The minimum absolute atomic E-state index is 0.676. The SMILES string of the molecule is CC.CC.Cc1ncon1. The average Bonchev–Trinajstić information content (AvgIpc) is 2.48. The van der Waals surface area contributed by atoms with Crippen molar-refractivity contribution in [1.82, 2.24) is 10.1 Å². The van der Waals surface area contributed by atoms with E-state index in [1.807, 2.05) is 27.7 Å². The molecular formula is C7H16N2O. The molecule has 1 aromatic heterocycles. The van der Waals surface area contributed by atoms with Gasteiger partial charge in [-0.3, -0.25) is 0 Å². The zero-order valence-electron chi connectivity index (χ0n) is 7.38. The van der Waals surface area contributed by atoms with Crippen LogP contribution in [0.1, 0.15) is 33.5 Å². The molecule has 0 unspecified atom stereocenters. The highest BCUT2D eigenvalue weighted by atomic mass is 16.5. The molecule has 0 N–H and O–H groups in total. The molecule has 60 valence electrons. The second-order valence-electron chi connectivity index (χ2n) is 0.978. The van der Waals surface area contributed by atoms with E-state index in [9.17, 15) is 0 Å². The Morgan fingerprint density at radius 3 is 1.80 bits per heavy atom. The molecule has 10 heavy (non-hydrogen) atoms. The molecule has 1 heterocycles. The topological polar surface area (TPSA) is 38.9 Å². The van der Waals surface area contributed by atoms with Gasteiger partial charge < -0.3 is 4.52 Å². The number of hydrogen-bond acceptors (Lipinski definition) is 3. The number of nitrogens with zero attached hydrogens (tertiary/aromatic N) is 2. The second-order valence-corrected chi connectivity index (χ2v) is 0.978. The van der Waals surface area contributed by atoms with Crippen LogP contribution in [0.15, 0.2) is 10.9 Å². The summed E-state index contributed by atoms with van der Waals surface area (Å²) in [6, 6.07) is 0. The van der Waals surface area contributed by atoms with E-state index in [2.05, 4.69) is 14.7 Å². The van der Waals surface area contributed by atoms with Crippen molar-refractivity contribution in [1.29, 1.82) is 0 Å². The fourth-order valence-corrected chi connectivity index (χ4v) is 0.223. The molecule has 3 heteroatoms. The monoisotopic (exact) mass is 144 g/mol. The van der Waals surface area contributed by atoms with Crippen molar-refractivity contribution in [2.75, 3.05) is 0 Å². The van der Waals surface area contributed by atoms with Gasteiger partial charge in [0.2, 0.25) is 6.39 Å². The van der Waals surface area contributed by atoms with Crippen LogP contribution >= 0.6 is 0 Å². The Morgan fingerprint density at radius 2 is 1.70 bits per heavy atom. The summed E-state index contributed by atoms with van der Waals surface area (Å²) in [5.74, 6) is 0.676. The van der Waals surface area contributed by atoms with Crippen molar-refractivity contribution >= 4 is 0 Å². The highest BCUT2D eigenvalue weighted by molar-refractivity contribution is 4.67. The Balaban J connectivity index is 0. The Labute approximate surface area is 62.5 Å². The maximum atomic E-state index is 4.35. The summed E-state index contributed by atoms with van der Waals surface area (Å²) in [4.78, 5) is 3.64. The minimum atomic E-state index is 0.676. The molecule has 0 aliphatic heterocycles. The molecule has 0 amide bonds. The quantitative estimate of drug-likeness (QED) is 0.561. The fourth-order valence-electron chi connectivity index (χ4n) is 0.223. The first-order valence-electron chi connectivity index (χ1n) is 3.62. The maximum Gasteiger partial charge on any atom is 0.213 e. The van der Waals surface area contributed by atoms with E-state index in [0.717, 1.165) is 0 Å². The molecule has 0 aliphatic carbocycles. The molecule has 0 fully saturated rings. The van der Waals surface area contributed by atoms with Crippen molar-refractivity contribution < 1.29 is 4.52 Å². The van der Waals surface area contributed by atoms with Crippen LogP contribution in [-0.4, -0.2) is 10.1 Å². The largest absolute Gasteiger partial charge is 0.343 e. The van der Waals surface area contributed by atoms with Gasteiger partial charge in [-0.15, -0.1) is 0 Å². The van der Waals surface area contributed by atoms with Crippen LogP contribution < -0.4 is 0 Å². The second kappa shape index (κ2) is 11.0. The lowest BCUT2D eigenvalue weighted by Gasteiger charge is -1.60. The van der Waals surface area contributed by atoms with E-state index in [1.54, 1.807) is 6.92 Å². The summed E-state index contributed by atoms with van der Waals surface area (Å²) < 4.78 is 4.35. The predicted octanol–water partition coefficient (Wildman–Crippen LogP) is 2.43. The van der Waals surface area contributed by atoms with Crippen LogP contribution in [0.2, 0.25) is 0 Å². The zero-order valence-corrected chi connectivity index (χ0v) is 7.38. The number of hydrogen-bond donors (Lipinski definition) is 0. The molecule has 0 bridgehead atoms. The van der Waals surface area contributed by atoms with Gasteiger partial charge in [0.1, 0.15) is 0 Å². The molecule has 0 saturated carbocycles. The lowest BCUT2D eigenvalue weighted by Crippen LogP contribution is -1.66. The Hall–Kier alpha value is -0.860. The highest BCUT2D eigenvalue weighted by Crippen LogP contribution is 1.78. The van der Waals surface area contributed by atoms with Gasteiger partial charge in [0.15, 0.2) is 5.82 Å². The van der Waals surface area contributed by atoms with Gasteiger partial charge in [0.25, 0.3) is 0 Å². The normalized spacial score (nSPS) is 6.50. The molecule has 0 aromatic carbocycles. The number of aryl methyl sites for hydroxylation is 1. The van der Waals surface area contributed by atoms with Crippen molar-refractivity contribution in [2.24, 2.45) is 0 Å². The van der Waals surface area contributed by atoms with Gasteiger partial charge in [-0.1, -0.05) is 32.9 Å². The summed E-state index contributed by atoms with van der Waals surface area (Å²) in [7, 11) is 0. The maximum absolute atomic E-state index is 4.35. The number of aromatic nitrogens is 2. The van der Waals surface area contributed by atoms with Crippen molar-refractivity contribution in [3.8, 4) is 0 Å². The minimum Gasteiger partial charge on any atom is -0.343 e. The van der Waals surface area contributed by atoms with Crippen LogP contribution in [-0.2, 0) is 0 Å². The highest BCUT2D eigenvalue weighted by Gasteiger charge is 1.79. The van der Waals surface area contributed by atoms with E-state index < -0.39 is 0 Å². The van der Waals surface area contributed by atoms with E-state index in [-0.39, 0.29) is 0 Å². The lowest BCUT2D eigenvalue weighted by molar-refractivity contribution is 0.412. The Morgan fingerprint density at radius 1 is 1.20 bits per heavy atom. The van der Waals surface area contributed by atoms with Gasteiger partial charge >= 0.3 is 0 Å². The third-order valence-corrected chi connectivity index (χ3v) is 0.471. The van der Waals surface area contributed by atoms with Gasteiger partial charge in [-0.05, 0) is 6.92 Å². The first-order valence-corrected chi connectivity index (χ1v) is 3.62. The fraction of sp³-hybridized carbons (Fsp3) is 0.714. The van der Waals surface area contributed by atoms with Crippen LogP contribution in [0.25, 0.3) is 0 Å². The molecule has 0 spiro atoms. The van der Waals surface area contributed by atoms with E-state index in [0.29, 0.717) is 5.82 Å². The van der Waals surface area contributed by atoms with Crippen LogP contribution in [0, 0.1) is 6.92 Å². The molecule has 0 atom stereocenters. The lowest BCUT2D eigenvalue weighted by atomic mass is 10.8. The first kappa shape index (κ1) is 11.9. The summed E-state index contributed by atoms with van der Waals surface area (Å²) in [6.45, 7) is 9.77. The van der Waals surface area contributed by atoms with Gasteiger partial charge in [-0.2, -0.15) is 4.98 Å². The van der Waals surface area contributed by atoms with Crippen LogP contribution in [0.5, 0.6) is 0 Å². The molecule has 0 saturated heterocycles. The van der Waals surface area contributed by atoms with Gasteiger partial charge in [0, 0.05) is 0 Å². The van der Waals surface area contributed by atoms with E-state index >= 15 is 0 Å². The average molecular weight is 144 g/mol. The Bertz CT molecular complexity index is 115. The van der Waals surface area contributed by atoms with E-state index in [4.69, 9.17) is 0 Å². The standard InChI is InChI=1S/C3H4N2O.2C2H6/c1-3-4-2-6-5-3;2*1-2/h2H,1H3;2*1-2H3. The Kier molecular flexibility index (Phi) is 13.1. The van der Waals surface area contributed by atoms with Gasteiger partial charge in [-0.25, -0.2) is 0 Å². The molecule has 0 radical (unpaired) electrons. The molecule has 1 rings (SSSR count). The number of rotatable bonds is 0. The van der Waals surface area contributed by atoms with Gasteiger partial charge in [0.05, 0.1) is 0 Å². The van der Waals surface area contributed by atoms with Crippen molar-refractivity contribution in [3.05, 3.63) is 12.2 Å². The first-order chi connectivity index (χ1) is 4.89. The molecule has 0 aliphatic rings. The summed E-state index contributed by atoms with van der Waals surface area (Å²) in [5, 5.41) is 3.43. The molecule has 3 nitrogen and oxygen atoms in total. The third kappa shape index (κ3) is 7.14. The van der Waals surface area contributed by atoms with Crippen molar-refractivity contribution in [3.63, 3.8) is 0 Å². The third-order valence-electron chi connectivity index (χ3n) is 0.471. The predicted molar refractivity (Wildman–Crippen MR) is 41.7 cm³/mol. The van der Waals surface area contributed by atoms with Crippen LogP contribution in [0.4, 0.5) is 0 Å². The van der Waals surface area contributed by atoms with Crippen LogP contribution in [0.3, 0.4) is 0 Å². The smallest absolute Gasteiger partial charge is 0.213 e.